The van der Waals surface area contributed by atoms with Crippen molar-refractivity contribution >= 4 is 34.8 Å². The molecule has 8 nitrogen and oxygen atoms in total. The van der Waals surface area contributed by atoms with Gasteiger partial charge in [0.2, 0.25) is 0 Å². The Morgan fingerprint density at radius 3 is 2.78 bits per heavy atom. The van der Waals surface area contributed by atoms with Crippen molar-refractivity contribution in [1.82, 2.24) is 15.0 Å². The summed E-state index contributed by atoms with van der Waals surface area (Å²) in [6, 6.07) is 6.62. The fraction of sp³-hybridized carbons (Fsp3) is 0.562. The first-order valence-corrected chi connectivity index (χ1v) is 16.1. The molecular weight excluding hydrogens is 532 g/mol. The zero-order valence-electron chi connectivity index (χ0n) is 24.9. The van der Waals surface area contributed by atoms with Gasteiger partial charge in [-0.25, -0.2) is 15.0 Å². The van der Waals surface area contributed by atoms with Gasteiger partial charge in [-0.3, -0.25) is 4.79 Å². The molecule has 0 amide bonds. The smallest absolute Gasteiger partial charge is 0.311 e. The minimum Gasteiger partial charge on any atom is -0.460 e. The van der Waals surface area contributed by atoms with Crippen LogP contribution in [0, 0.1) is 5.92 Å². The summed E-state index contributed by atoms with van der Waals surface area (Å²) in [6.45, 7) is 11.3. The molecular formula is C32H44N6O2S. The molecule has 3 aromatic heterocycles. The highest BCUT2D eigenvalue weighted by Gasteiger charge is 2.28. The van der Waals surface area contributed by atoms with Gasteiger partial charge in [0.1, 0.15) is 29.4 Å². The van der Waals surface area contributed by atoms with Crippen molar-refractivity contribution in [3.05, 3.63) is 57.7 Å². The molecule has 1 saturated heterocycles. The number of ether oxygens (including phenoxy) is 1. The lowest BCUT2D eigenvalue weighted by atomic mass is 9.92. The third kappa shape index (κ3) is 7.56. The van der Waals surface area contributed by atoms with Gasteiger partial charge in [0.15, 0.2) is 0 Å². The Morgan fingerprint density at radius 2 is 2.05 bits per heavy atom. The van der Waals surface area contributed by atoms with Crippen LogP contribution in [0.1, 0.15) is 81.7 Å². The van der Waals surface area contributed by atoms with Crippen LogP contribution in [0.15, 0.2) is 35.3 Å². The van der Waals surface area contributed by atoms with Crippen molar-refractivity contribution in [3.63, 3.8) is 0 Å². The summed E-state index contributed by atoms with van der Waals surface area (Å²) >= 11 is 1.68. The van der Waals surface area contributed by atoms with Gasteiger partial charge in [0.05, 0.1) is 5.92 Å². The molecule has 2 aliphatic rings. The molecule has 0 aromatic carbocycles. The summed E-state index contributed by atoms with van der Waals surface area (Å²) in [6.07, 6.45) is 8.41. The highest BCUT2D eigenvalue weighted by Crippen LogP contribution is 2.33. The number of pyridine rings is 1. The number of carbonyl (C=O) groups excluding carboxylic acids is 1. The first kappa shape index (κ1) is 29.3. The Morgan fingerprint density at radius 1 is 1.22 bits per heavy atom. The highest BCUT2D eigenvalue weighted by atomic mass is 32.1. The summed E-state index contributed by atoms with van der Waals surface area (Å²) in [4.78, 5) is 29.8. The number of esters is 1. The third-order valence-electron chi connectivity index (χ3n) is 8.02. The molecule has 0 radical (unpaired) electrons. The van der Waals surface area contributed by atoms with Crippen molar-refractivity contribution in [3.8, 4) is 0 Å². The zero-order valence-corrected chi connectivity index (χ0v) is 25.7. The van der Waals surface area contributed by atoms with E-state index in [2.05, 4.69) is 56.4 Å². The standard InChI is InChI=1S/C32H44N6O2S/c1-5-26-29(34-19-25(31(39)40-32(2,3)4)9-8-22-14-18-41-20-22)35-21-36-30(26)38-16-12-23(13-17-38)27-11-10-24-7-6-15-33-28(24)37-27/h10-11,14,18,20-21,23,25H,5-9,12-13,15-17,19H2,1-4H3,(H,33,37)(H,34,35,36)/t25-/m0/s1. The summed E-state index contributed by atoms with van der Waals surface area (Å²) in [5.74, 6) is 2.91. The number of hydrogen-bond donors (Lipinski definition) is 2. The van der Waals surface area contributed by atoms with Gasteiger partial charge < -0.3 is 20.3 Å². The second-order valence-corrected chi connectivity index (χ2v) is 13.0. The molecule has 9 heteroatoms. The molecule has 3 aromatic rings. The number of fused-ring (bicyclic) bond motifs is 1. The first-order chi connectivity index (χ1) is 19.8. The van der Waals surface area contributed by atoms with Gasteiger partial charge in [0, 0.05) is 43.4 Å². The van der Waals surface area contributed by atoms with Crippen molar-refractivity contribution < 1.29 is 9.53 Å². The third-order valence-corrected chi connectivity index (χ3v) is 8.75. The van der Waals surface area contributed by atoms with Crippen molar-refractivity contribution in [1.29, 1.82) is 0 Å². The summed E-state index contributed by atoms with van der Waals surface area (Å²) < 4.78 is 5.78. The number of hydrogen-bond acceptors (Lipinski definition) is 9. The second kappa shape index (κ2) is 13.2. The van der Waals surface area contributed by atoms with Crippen LogP contribution in [-0.4, -0.2) is 52.7 Å². The SMILES string of the molecule is CCc1c(NC[C@H](CCc2ccsc2)C(=O)OC(C)(C)C)ncnc1N1CCC(c2ccc3c(n2)NCCC3)CC1. The van der Waals surface area contributed by atoms with E-state index in [-0.39, 0.29) is 11.9 Å². The quantitative estimate of drug-likeness (QED) is 0.274. The maximum Gasteiger partial charge on any atom is 0.311 e. The molecule has 220 valence electrons. The molecule has 1 fully saturated rings. The number of piperidine rings is 1. The molecule has 41 heavy (non-hydrogen) atoms. The molecule has 0 bridgehead atoms. The molecule has 0 spiro atoms. The van der Waals surface area contributed by atoms with E-state index in [9.17, 15) is 4.79 Å². The van der Waals surface area contributed by atoms with Crippen LogP contribution < -0.4 is 15.5 Å². The number of anilines is 3. The first-order valence-electron chi connectivity index (χ1n) is 15.1. The largest absolute Gasteiger partial charge is 0.460 e. The number of nitrogens with one attached hydrogen (secondary N) is 2. The van der Waals surface area contributed by atoms with Crippen LogP contribution in [-0.2, 0) is 28.8 Å². The highest BCUT2D eigenvalue weighted by molar-refractivity contribution is 7.07. The average Bonchev–Trinajstić information content (AvgIpc) is 3.49. The Kier molecular flexibility index (Phi) is 9.42. The molecule has 2 aliphatic heterocycles. The van der Waals surface area contributed by atoms with Crippen LogP contribution in [0.2, 0.25) is 0 Å². The normalized spacial score (nSPS) is 16.5. The van der Waals surface area contributed by atoms with Gasteiger partial charge >= 0.3 is 5.97 Å². The maximum atomic E-state index is 13.1. The molecule has 0 saturated carbocycles. The predicted molar refractivity (Wildman–Crippen MR) is 167 cm³/mol. The Hall–Kier alpha value is -3.20. The number of aromatic nitrogens is 3. The van der Waals surface area contributed by atoms with Gasteiger partial charge in [-0.05, 0) is 99.7 Å². The molecule has 2 N–H and O–H groups in total. The predicted octanol–water partition coefficient (Wildman–Crippen LogP) is 6.24. The summed E-state index contributed by atoms with van der Waals surface area (Å²) in [5.41, 5.74) is 4.38. The maximum absolute atomic E-state index is 13.1. The fourth-order valence-corrected chi connectivity index (χ4v) is 6.50. The van der Waals surface area contributed by atoms with Crippen LogP contribution in [0.5, 0.6) is 0 Å². The minimum absolute atomic E-state index is 0.166. The topological polar surface area (TPSA) is 92.3 Å². The van der Waals surface area contributed by atoms with E-state index in [1.54, 1.807) is 17.7 Å². The number of carbonyl (C=O) groups is 1. The monoisotopic (exact) mass is 576 g/mol. The van der Waals surface area contributed by atoms with E-state index in [4.69, 9.17) is 14.7 Å². The van der Waals surface area contributed by atoms with Crippen LogP contribution in [0.25, 0.3) is 0 Å². The Bertz CT molecular complexity index is 1300. The summed E-state index contributed by atoms with van der Waals surface area (Å²) in [5, 5.41) is 11.2. The van der Waals surface area contributed by atoms with Gasteiger partial charge in [-0.1, -0.05) is 13.0 Å². The van der Waals surface area contributed by atoms with Crippen LogP contribution >= 0.6 is 11.3 Å². The number of thiophene rings is 1. The van der Waals surface area contributed by atoms with E-state index in [0.29, 0.717) is 12.5 Å². The van der Waals surface area contributed by atoms with E-state index in [0.717, 1.165) is 81.2 Å². The molecule has 0 unspecified atom stereocenters. The van der Waals surface area contributed by atoms with Crippen LogP contribution in [0.4, 0.5) is 17.5 Å². The molecule has 5 rings (SSSR count). The minimum atomic E-state index is -0.522. The number of nitrogens with zero attached hydrogens (tertiary/aromatic N) is 4. The lowest BCUT2D eigenvalue weighted by Gasteiger charge is -2.34. The summed E-state index contributed by atoms with van der Waals surface area (Å²) in [7, 11) is 0. The molecule has 0 aliphatic carbocycles. The molecule has 5 heterocycles. The zero-order chi connectivity index (χ0) is 28.8. The van der Waals surface area contributed by atoms with E-state index >= 15 is 0 Å². The van der Waals surface area contributed by atoms with Gasteiger partial charge in [-0.2, -0.15) is 11.3 Å². The van der Waals surface area contributed by atoms with Gasteiger partial charge in [-0.15, -0.1) is 0 Å². The van der Waals surface area contributed by atoms with Crippen LogP contribution in [0.3, 0.4) is 0 Å². The average molecular weight is 577 g/mol. The lowest BCUT2D eigenvalue weighted by Crippen LogP contribution is -2.35. The number of rotatable bonds is 10. The van der Waals surface area contributed by atoms with Crippen molar-refractivity contribution in [2.45, 2.75) is 84.2 Å². The van der Waals surface area contributed by atoms with Crippen molar-refractivity contribution in [2.24, 2.45) is 5.92 Å². The van der Waals surface area contributed by atoms with Gasteiger partial charge in [0.25, 0.3) is 0 Å². The Labute approximate surface area is 248 Å². The Balaban J connectivity index is 1.24. The second-order valence-electron chi connectivity index (χ2n) is 12.2. The van der Waals surface area contributed by atoms with E-state index in [1.165, 1.54) is 23.2 Å². The fourth-order valence-electron chi connectivity index (χ4n) is 5.80. The van der Waals surface area contributed by atoms with E-state index < -0.39 is 5.60 Å². The lowest BCUT2D eigenvalue weighted by molar-refractivity contribution is -0.159. The van der Waals surface area contributed by atoms with E-state index in [1.807, 2.05) is 20.8 Å². The molecule has 1 atom stereocenters. The van der Waals surface area contributed by atoms with Crippen molar-refractivity contribution in [2.75, 3.05) is 41.7 Å². The number of aryl methyl sites for hydroxylation is 2.